The van der Waals surface area contributed by atoms with E-state index in [1.807, 2.05) is 73.7 Å². The first-order valence-corrected chi connectivity index (χ1v) is 11.0. The topological polar surface area (TPSA) is 61.8 Å². The van der Waals surface area contributed by atoms with E-state index >= 15 is 0 Å². The van der Waals surface area contributed by atoms with Crippen LogP contribution in [0.3, 0.4) is 0 Å². The Hall–Kier alpha value is -3.60. The molecule has 1 heterocycles. The van der Waals surface area contributed by atoms with E-state index in [9.17, 15) is 9.59 Å². The van der Waals surface area contributed by atoms with Crippen molar-refractivity contribution in [3.05, 3.63) is 95.1 Å². The zero-order valence-corrected chi connectivity index (χ0v) is 19.4. The highest BCUT2D eigenvalue weighted by Crippen LogP contribution is 2.50. The fraction of sp³-hybridized carbons (Fsp3) is 0.286. The summed E-state index contributed by atoms with van der Waals surface area (Å²) in [4.78, 5) is 26.6. The molecule has 1 unspecified atom stereocenters. The first-order chi connectivity index (χ1) is 15.7. The minimum atomic E-state index is -1.36. The molecule has 33 heavy (non-hydrogen) atoms. The molecule has 0 saturated heterocycles. The summed E-state index contributed by atoms with van der Waals surface area (Å²) in [5.74, 6) is -0.0142. The van der Waals surface area contributed by atoms with Crippen molar-refractivity contribution in [1.82, 2.24) is 0 Å². The lowest BCUT2D eigenvalue weighted by Crippen LogP contribution is -2.39. The molecular weight excluding hydrogens is 416 g/mol. The van der Waals surface area contributed by atoms with Gasteiger partial charge in [0.05, 0.1) is 6.42 Å². The molecular formula is C28H28O5. The van der Waals surface area contributed by atoms with E-state index in [1.54, 1.807) is 26.8 Å². The summed E-state index contributed by atoms with van der Waals surface area (Å²) in [5.41, 5.74) is 1.15. The van der Waals surface area contributed by atoms with Crippen LogP contribution < -0.4 is 9.47 Å². The van der Waals surface area contributed by atoms with Crippen molar-refractivity contribution in [3.63, 3.8) is 0 Å². The lowest BCUT2D eigenvalue weighted by atomic mass is 9.72. The van der Waals surface area contributed by atoms with Gasteiger partial charge in [0, 0.05) is 11.1 Å². The number of aryl methyl sites for hydroxylation is 1. The molecule has 0 saturated carbocycles. The van der Waals surface area contributed by atoms with Crippen LogP contribution in [-0.2, 0) is 26.3 Å². The third-order valence-electron chi connectivity index (χ3n) is 5.56. The van der Waals surface area contributed by atoms with E-state index in [4.69, 9.17) is 14.2 Å². The standard InChI is InChI=1S/C28H28O5/c1-19-14-15-24-22(16-19)28(26(30)32-24,17-25(29)33-27(2,3)4)21-12-8-9-13-23(21)31-18-20-10-6-5-7-11-20/h5-16H,17-18H2,1-4H3. The predicted molar refractivity (Wildman–Crippen MR) is 125 cm³/mol. The SMILES string of the molecule is Cc1ccc2c(c1)C(CC(=O)OC(C)(C)C)(c1ccccc1OCc1ccccc1)C(=O)O2. The van der Waals surface area contributed by atoms with Crippen LogP contribution in [0.2, 0.25) is 0 Å². The Balaban J connectivity index is 1.81. The Kier molecular flexibility index (Phi) is 5.98. The molecule has 0 N–H and O–H groups in total. The molecule has 1 aliphatic heterocycles. The first-order valence-electron chi connectivity index (χ1n) is 11.0. The number of hydrogen-bond donors (Lipinski definition) is 0. The summed E-state index contributed by atoms with van der Waals surface area (Å²) < 4.78 is 17.5. The molecule has 0 aromatic heterocycles. The van der Waals surface area contributed by atoms with Crippen molar-refractivity contribution in [2.24, 2.45) is 0 Å². The minimum Gasteiger partial charge on any atom is -0.489 e. The van der Waals surface area contributed by atoms with Crippen molar-refractivity contribution < 1.29 is 23.8 Å². The molecule has 5 heteroatoms. The number of carbonyl (C=O) groups excluding carboxylic acids is 2. The number of esters is 2. The van der Waals surface area contributed by atoms with Crippen molar-refractivity contribution in [2.75, 3.05) is 0 Å². The maximum Gasteiger partial charge on any atom is 0.327 e. The Labute approximate surface area is 194 Å². The molecule has 0 bridgehead atoms. The van der Waals surface area contributed by atoms with Crippen molar-refractivity contribution in [3.8, 4) is 11.5 Å². The smallest absolute Gasteiger partial charge is 0.327 e. The number of hydrogen-bond acceptors (Lipinski definition) is 5. The fourth-order valence-electron chi connectivity index (χ4n) is 4.16. The van der Waals surface area contributed by atoms with Gasteiger partial charge in [-0.05, 0) is 45.4 Å². The molecule has 0 spiro atoms. The Morgan fingerprint density at radius 2 is 1.64 bits per heavy atom. The van der Waals surface area contributed by atoms with E-state index in [-0.39, 0.29) is 6.42 Å². The third kappa shape index (κ3) is 4.63. The van der Waals surface area contributed by atoms with E-state index in [1.165, 1.54) is 0 Å². The highest BCUT2D eigenvalue weighted by atomic mass is 16.6. The molecule has 0 amide bonds. The molecule has 5 nitrogen and oxygen atoms in total. The fourth-order valence-corrected chi connectivity index (χ4v) is 4.16. The highest BCUT2D eigenvalue weighted by Gasteiger charge is 2.54. The molecule has 170 valence electrons. The summed E-state index contributed by atoms with van der Waals surface area (Å²) in [6.07, 6.45) is -0.189. The Bertz CT molecular complexity index is 1180. The normalized spacial score (nSPS) is 17.3. The van der Waals surface area contributed by atoms with Gasteiger partial charge in [-0.15, -0.1) is 0 Å². The second-order valence-corrected chi connectivity index (χ2v) is 9.33. The van der Waals surface area contributed by atoms with Crippen molar-refractivity contribution in [2.45, 2.75) is 51.7 Å². The number of fused-ring (bicyclic) bond motifs is 1. The highest BCUT2D eigenvalue weighted by molar-refractivity contribution is 5.98. The van der Waals surface area contributed by atoms with E-state index in [0.717, 1.165) is 11.1 Å². The molecule has 1 aliphatic rings. The number of ether oxygens (including phenoxy) is 3. The molecule has 0 fully saturated rings. The Morgan fingerprint density at radius 1 is 0.939 bits per heavy atom. The summed E-state index contributed by atoms with van der Waals surface area (Å²) in [7, 11) is 0. The molecule has 0 aliphatic carbocycles. The van der Waals surface area contributed by atoms with Crippen LogP contribution in [0.4, 0.5) is 0 Å². The molecule has 1 atom stereocenters. The summed E-state index contributed by atoms with van der Waals surface area (Å²) in [6, 6.07) is 22.7. The van der Waals surface area contributed by atoms with Gasteiger partial charge in [0.2, 0.25) is 0 Å². The van der Waals surface area contributed by atoms with Crippen LogP contribution in [0.1, 0.15) is 49.4 Å². The second-order valence-electron chi connectivity index (χ2n) is 9.33. The van der Waals surface area contributed by atoms with Gasteiger partial charge in [-0.25, -0.2) is 0 Å². The molecule has 4 rings (SSSR count). The predicted octanol–water partition coefficient (Wildman–Crippen LogP) is 5.51. The van der Waals surface area contributed by atoms with Crippen LogP contribution in [0.25, 0.3) is 0 Å². The van der Waals surface area contributed by atoms with Gasteiger partial charge in [-0.3, -0.25) is 9.59 Å². The van der Waals surface area contributed by atoms with Crippen LogP contribution in [0.5, 0.6) is 11.5 Å². The zero-order valence-electron chi connectivity index (χ0n) is 19.4. The minimum absolute atomic E-state index is 0.189. The van der Waals surface area contributed by atoms with E-state index < -0.39 is 23.0 Å². The Morgan fingerprint density at radius 3 is 2.36 bits per heavy atom. The van der Waals surface area contributed by atoms with Gasteiger partial charge in [-0.1, -0.05) is 66.2 Å². The number of benzene rings is 3. The van der Waals surface area contributed by atoms with Gasteiger partial charge >= 0.3 is 11.9 Å². The van der Waals surface area contributed by atoms with Crippen LogP contribution in [0, 0.1) is 6.92 Å². The lowest BCUT2D eigenvalue weighted by Gasteiger charge is -2.29. The number of para-hydroxylation sites is 1. The number of carbonyl (C=O) groups is 2. The third-order valence-corrected chi connectivity index (χ3v) is 5.56. The summed E-state index contributed by atoms with van der Waals surface area (Å²) >= 11 is 0. The molecule has 3 aromatic rings. The maximum atomic E-state index is 13.5. The second kappa shape index (κ2) is 8.74. The average Bonchev–Trinajstić information content (AvgIpc) is 3.03. The van der Waals surface area contributed by atoms with Crippen LogP contribution >= 0.6 is 0 Å². The zero-order chi connectivity index (χ0) is 23.6. The quantitative estimate of drug-likeness (QED) is 0.371. The monoisotopic (exact) mass is 444 g/mol. The van der Waals surface area contributed by atoms with Gasteiger partial charge in [-0.2, -0.15) is 0 Å². The lowest BCUT2D eigenvalue weighted by molar-refractivity contribution is -0.158. The summed E-state index contributed by atoms with van der Waals surface area (Å²) in [5, 5.41) is 0. The van der Waals surface area contributed by atoms with Gasteiger partial charge < -0.3 is 14.2 Å². The van der Waals surface area contributed by atoms with Crippen molar-refractivity contribution in [1.29, 1.82) is 0 Å². The van der Waals surface area contributed by atoms with E-state index in [2.05, 4.69) is 0 Å². The first kappa shape index (κ1) is 22.6. The van der Waals surface area contributed by atoms with Crippen LogP contribution in [-0.4, -0.2) is 17.5 Å². The number of rotatable bonds is 6. The van der Waals surface area contributed by atoms with Gasteiger partial charge in [0.15, 0.2) is 0 Å². The maximum absolute atomic E-state index is 13.5. The van der Waals surface area contributed by atoms with Gasteiger partial charge in [0.1, 0.15) is 29.1 Å². The molecule has 3 aromatic carbocycles. The summed E-state index contributed by atoms with van der Waals surface area (Å²) in [6.45, 7) is 7.69. The molecule has 0 radical (unpaired) electrons. The van der Waals surface area contributed by atoms with Gasteiger partial charge in [0.25, 0.3) is 0 Å². The average molecular weight is 445 g/mol. The van der Waals surface area contributed by atoms with Crippen LogP contribution in [0.15, 0.2) is 72.8 Å². The van der Waals surface area contributed by atoms with Crippen molar-refractivity contribution >= 4 is 11.9 Å². The van der Waals surface area contributed by atoms with E-state index in [0.29, 0.717) is 29.2 Å². The largest absolute Gasteiger partial charge is 0.489 e.